The fourth-order valence-corrected chi connectivity index (χ4v) is 3.96. The molecule has 7 nitrogen and oxygen atoms in total. The number of thiazole rings is 1. The third-order valence-corrected chi connectivity index (χ3v) is 5.92. The summed E-state index contributed by atoms with van der Waals surface area (Å²) in [5, 5.41) is 7.93. The Morgan fingerprint density at radius 3 is 2.93 bits per heavy atom. The largest absolute Gasteiger partial charge is 0.359 e. The van der Waals surface area contributed by atoms with Crippen LogP contribution in [0, 0.1) is 0 Å². The van der Waals surface area contributed by atoms with Crippen LogP contribution in [0.2, 0.25) is 0 Å². The van der Waals surface area contributed by atoms with Gasteiger partial charge in [-0.3, -0.25) is 9.59 Å². The van der Waals surface area contributed by atoms with Gasteiger partial charge in [-0.25, -0.2) is 9.97 Å². The van der Waals surface area contributed by atoms with Crippen molar-refractivity contribution in [3.63, 3.8) is 0 Å². The van der Waals surface area contributed by atoms with Gasteiger partial charge in [0, 0.05) is 17.3 Å². The number of hydrogen-bond acceptors (Lipinski definition) is 6. The number of nitrogens with zero attached hydrogens (tertiary/aromatic N) is 3. The molecule has 1 atom stereocenters. The average molecular weight is 422 g/mol. The zero-order chi connectivity index (χ0) is 21.1. The van der Waals surface area contributed by atoms with Gasteiger partial charge in [0.05, 0.1) is 35.5 Å². The van der Waals surface area contributed by atoms with Gasteiger partial charge in [0.2, 0.25) is 5.91 Å². The minimum atomic E-state index is -0.257. The molecule has 1 aromatic carbocycles. The van der Waals surface area contributed by atoms with Crippen molar-refractivity contribution in [2.24, 2.45) is 0 Å². The lowest BCUT2D eigenvalue weighted by atomic mass is 9.97. The number of aromatic nitrogens is 2. The van der Waals surface area contributed by atoms with Crippen molar-refractivity contribution in [2.75, 3.05) is 22.1 Å². The molecule has 0 fully saturated rings. The highest BCUT2D eigenvalue weighted by Gasteiger charge is 2.27. The number of anilines is 3. The van der Waals surface area contributed by atoms with Crippen molar-refractivity contribution in [2.45, 2.75) is 32.7 Å². The van der Waals surface area contributed by atoms with Crippen molar-refractivity contribution in [3.8, 4) is 0 Å². The van der Waals surface area contributed by atoms with Crippen molar-refractivity contribution in [1.82, 2.24) is 9.97 Å². The lowest BCUT2D eigenvalue weighted by Gasteiger charge is -2.29. The summed E-state index contributed by atoms with van der Waals surface area (Å²) in [5.74, 6) is 0.574. The number of carbonyl (C=O) groups excluding carboxylic acids is 2. The molecule has 0 radical (unpaired) electrons. The highest BCUT2D eigenvalue weighted by atomic mass is 32.1. The molecule has 4 rings (SSSR count). The number of para-hydroxylation sites is 1. The van der Waals surface area contributed by atoms with E-state index in [4.69, 9.17) is 0 Å². The number of fused-ring (bicyclic) bond motifs is 1. The van der Waals surface area contributed by atoms with Crippen LogP contribution in [-0.4, -0.2) is 28.3 Å². The summed E-state index contributed by atoms with van der Waals surface area (Å²) in [6.45, 7) is 4.77. The lowest BCUT2D eigenvalue weighted by molar-refractivity contribution is -0.117. The second-order valence-corrected chi connectivity index (χ2v) is 7.97. The van der Waals surface area contributed by atoms with Crippen LogP contribution in [-0.2, 0) is 11.3 Å². The van der Waals surface area contributed by atoms with Crippen LogP contribution in [0.1, 0.15) is 47.8 Å². The molecule has 0 spiro atoms. The zero-order valence-electron chi connectivity index (χ0n) is 16.9. The van der Waals surface area contributed by atoms with Crippen LogP contribution >= 0.6 is 11.3 Å². The van der Waals surface area contributed by atoms with Gasteiger partial charge in [-0.2, -0.15) is 0 Å². The molecule has 30 heavy (non-hydrogen) atoms. The molecule has 0 bridgehead atoms. The van der Waals surface area contributed by atoms with Gasteiger partial charge >= 0.3 is 0 Å². The van der Waals surface area contributed by atoms with Gasteiger partial charge in [0.15, 0.2) is 5.82 Å². The fourth-order valence-electron chi connectivity index (χ4n) is 3.41. The Morgan fingerprint density at radius 2 is 2.17 bits per heavy atom. The van der Waals surface area contributed by atoms with Gasteiger partial charge in [0.25, 0.3) is 5.91 Å². The number of rotatable bonds is 6. The highest BCUT2D eigenvalue weighted by molar-refractivity contribution is 7.07. The van der Waals surface area contributed by atoms with Crippen LogP contribution in [0.3, 0.4) is 0 Å². The van der Waals surface area contributed by atoms with Crippen molar-refractivity contribution in [3.05, 3.63) is 64.2 Å². The highest BCUT2D eigenvalue weighted by Crippen LogP contribution is 2.31. The van der Waals surface area contributed by atoms with Crippen LogP contribution in [0.5, 0.6) is 0 Å². The maximum absolute atomic E-state index is 13.0. The topological polar surface area (TPSA) is 87.2 Å². The molecule has 0 saturated carbocycles. The predicted octanol–water partition coefficient (Wildman–Crippen LogP) is 4.26. The second-order valence-electron chi connectivity index (χ2n) is 7.26. The lowest BCUT2D eigenvalue weighted by Crippen LogP contribution is -2.40. The molecular formula is C22H23N5O2S. The van der Waals surface area contributed by atoms with Gasteiger partial charge in [-0.1, -0.05) is 32.0 Å². The van der Waals surface area contributed by atoms with Gasteiger partial charge in [-0.05, 0) is 30.0 Å². The summed E-state index contributed by atoms with van der Waals surface area (Å²) >= 11 is 1.48. The third-order valence-electron chi connectivity index (χ3n) is 5.28. The molecule has 0 aliphatic carbocycles. The molecular weight excluding hydrogens is 398 g/mol. The van der Waals surface area contributed by atoms with E-state index in [-0.39, 0.29) is 18.4 Å². The van der Waals surface area contributed by atoms with E-state index in [9.17, 15) is 9.59 Å². The Kier molecular flexibility index (Phi) is 5.76. The van der Waals surface area contributed by atoms with Crippen LogP contribution in [0.4, 0.5) is 17.2 Å². The number of nitrogens with one attached hydrogen (secondary N) is 2. The normalized spacial score (nSPS) is 14.1. The molecule has 8 heteroatoms. The minimum Gasteiger partial charge on any atom is -0.359 e. The number of amides is 2. The minimum absolute atomic E-state index is 0.0861. The summed E-state index contributed by atoms with van der Waals surface area (Å²) in [7, 11) is 0. The Morgan fingerprint density at radius 1 is 1.33 bits per heavy atom. The Balaban J connectivity index is 1.61. The number of hydrogen-bond donors (Lipinski definition) is 2. The fraction of sp³-hybridized carbons (Fsp3) is 0.273. The van der Waals surface area contributed by atoms with E-state index in [1.54, 1.807) is 16.5 Å². The molecule has 0 saturated heterocycles. The van der Waals surface area contributed by atoms with E-state index in [0.29, 0.717) is 29.5 Å². The molecule has 1 aliphatic rings. The molecule has 2 N–H and O–H groups in total. The maximum atomic E-state index is 13.0. The van der Waals surface area contributed by atoms with Crippen molar-refractivity contribution in [1.29, 1.82) is 0 Å². The first-order valence-electron chi connectivity index (χ1n) is 9.88. The zero-order valence-corrected chi connectivity index (χ0v) is 17.7. The van der Waals surface area contributed by atoms with Crippen LogP contribution in [0.25, 0.3) is 0 Å². The summed E-state index contributed by atoms with van der Waals surface area (Å²) in [6, 6.07) is 9.54. The Hall–Kier alpha value is -3.26. The van der Waals surface area contributed by atoms with Crippen LogP contribution in [0.15, 0.2) is 47.4 Å². The van der Waals surface area contributed by atoms with E-state index < -0.39 is 0 Å². The Labute approximate surface area is 179 Å². The molecule has 3 heterocycles. The Bertz CT molecular complexity index is 1070. The summed E-state index contributed by atoms with van der Waals surface area (Å²) in [6.07, 6.45) is 2.51. The van der Waals surface area contributed by atoms with Crippen molar-refractivity contribution < 1.29 is 9.59 Å². The van der Waals surface area contributed by atoms with Crippen LogP contribution < -0.4 is 15.5 Å². The number of benzene rings is 1. The van der Waals surface area contributed by atoms with E-state index >= 15 is 0 Å². The SMILES string of the molecule is CCC(C)c1ccccc1NC(=O)c1cnc2c(c1)N(Cc1cscn1)C(=O)CN2. The first kappa shape index (κ1) is 20.0. The average Bonchev–Trinajstić information content (AvgIpc) is 3.28. The van der Waals surface area contributed by atoms with Gasteiger partial charge < -0.3 is 15.5 Å². The quantitative estimate of drug-likeness (QED) is 0.621. The molecule has 3 aromatic rings. The molecule has 154 valence electrons. The predicted molar refractivity (Wildman–Crippen MR) is 119 cm³/mol. The standard InChI is InChI=1S/C22H23N5O2S/c1-3-14(2)17-6-4-5-7-18(17)26-22(29)15-8-19-21(23-9-15)24-10-20(28)27(19)11-16-12-30-13-25-16/h4-9,12-14H,3,10-11H2,1-2H3,(H,23,24)(H,26,29). The summed E-state index contributed by atoms with van der Waals surface area (Å²) in [4.78, 5) is 35.8. The molecule has 2 amide bonds. The van der Waals surface area contributed by atoms with Crippen molar-refractivity contribution >= 4 is 40.3 Å². The van der Waals surface area contributed by atoms with E-state index in [1.807, 2.05) is 29.6 Å². The first-order chi connectivity index (χ1) is 14.6. The van der Waals surface area contributed by atoms with Gasteiger partial charge in [-0.15, -0.1) is 11.3 Å². The smallest absolute Gasteiger partial charge is 0.257 e. The summed E-state index contributed by atoms with van der Waals surface area (Å²) < 4.78 is 0. The summed E-state index contributed by atoms with van der Waals surface area (Å²) in [5.41, 5.74) is 5.41. The number of carbonyl (C=O) groups is 2. The third kappa shape index (κ3) is 4.04. The van der Waals surface area contributed by atoms with Gasteiger partial charge in [0.1, 0.15) is 0 Å². The molecule has 1 unspecified atom stereocenters. The second kappa shape index (κ2) is 8.62. The van der Waals surface area contributed by atoms with E-state index in [1.165, 1.54) is 17.5 Å². The van der Waals surface area contributed by atoms with E-state index in [2.05, 4.69) is 34.4 Å². The maximum Gasteiger partial charge on any atom is 0.257 e. The first-order valence-corrected chi connectivity index (χ1v) is 10.8. The molecule has 2 aromatic heterocycles. The van der Waals surface area contributed by atoms with E-state index in [0.717, 1.165) is 23.4 Å². The monoisotopic (exact) mass is 421 g/mol. The number of pyridine rings is 1. The molecule has 1 aliphatic heterocycles.